The lowest BCUT2D eigenvalue weighted by Gasteiger charge is -2.26. The second-order valence-corrected chi connectivity index (χ2v) is 7.04. The SMILES string of the molecule is O=C(NCCN1CCOCC1)c1ccc(Nc2cnc(-c3c(F)cccc3F)o2)cc1. The number of carbonyl (C=O) groups is 1. The van der Waals surface area contributed by atoms with Gasteiger partial charge in [-0.2, -0.15) is 0 Å². The second kappa shape index (κ2) is 9.67. The van der Waals surface area contributed by atoms with Crippen molar-refractivity contribution >= 4 is 17.5 Å². The highest BCUT2D eigenvalue weighted by Gasteiger charge is 2.17. The Bertz CT molecular complexity index is 1010. The molecule has 0 radical (unpaired) electrons. The minimum Gasteiger partial charge on any atom is -0.420 e. The Balaban J connectivity index is 1.32. The van der Waals surface area contributed by atoms with Gasteiger partial charge in [-0.1, -0.05) is 6.07 Å². The molecule has 4 rings (SSSR count). The number of aromatic nitrogens is 1. The molecule has 0 bridgehead atoms. The quantitative estimate of drug-likeness (QED) is 0.600. The van der Waals surface area contributed by atoms with Crippen molar-refractivity contribution in [2.24, 2.45) is 0 Å². The third-order valence-electron chi connectivity index (χ3n) is 4.91. The van der Waals surface area contributed by atoms with E-state index in [1.807, 2.05) is 0 Å². The lowest BCUT2D eigenvalue weighted by Crippen LogP contribution is -2.41. The van der Waals surface area contributed by atoms with Crippen molar-refractivity contribution in [3.05, 3.63) is 65.9 Å². The third kappa shape index (κ3) is 5.25. The van der Waals surface area contributed by atoms with Crippen LogP contribution in [0.3, 0.4) is 0 Å². The highest BCUT2D eigenvalue weighted by molar-refractivity contribution is 5.94. The van der Waals surface area contributed by atoms with Gasteiger partial charge < -0.3 is 19.8 Å². The van der Waals surface area contributed by atoms with Crippen LogP contribution in [0.15, 0.2) is 53.1 Å². The zero-order valence-electron chi connectivity index (χ0n) is 16.7. The number of morpholine rings is 1. The Morgan fingerprint density at radius 3 is 2.48 bits per heavy atom. The van der Waals surface area contributed by atoms with E-state index in [2.05, 4.69) is 20.5 Å². The van der Waals surface area contributed by atoms with E-state index >= 15 is 0 Å². The lowest BCUT2D eigenvalue weighted by molar-refractivity contribution is 0.0383. The van der Waals surface area contributed by atoms with Crippen LogP contribution in [0.2, 0.25) is 0 Å². The molecule has 0 aliphatic carbocycles. The van der Waals surface area contributed by atoms with E-state index in [9.17, 15) is 13.6 Å². The average molecular weight is 428 g/mol. The van der Waals surface area contributed by atoms with Gasteiger partial charge >= 0.3 is 0 Å². The van der Waals surface area contributed by atoms with Gasteiger partial charge in [0, 0.05) is 37.4 Å². The number of nitrogens with one attached hydrogen (secondary N) is 2. The van der Waals surface area contributed by atoms with Crippen LogP contribution in [-0.2, 0) is 4.74 Å². The average Bonchev–Trinajstić information content (AvgIpc) is 3.23. The number of benzene rings is 2. The molecule has 1 fully saturated rings. The fourth-order valence-corrected chi connectivity index (χ4v) is 3.25. The molecule has 1 aliphatic rings. The fourth-order valence-electron chi connectivity index (χ4n) is 3.25. The van der Waals surface area contributed by atoms with Crippen LogP contribution in [-0.4, -0.2) is 55.2 Å². The molecule has 162 valence electrons. The number of halogens is 2. The molecule has 0 unspecified atom stereocenters. The smallest absolute Gasteiger partial charge is 0.251 e. The van der Waals surface area contributed by atoms with Gasteiger partial charge in [0.05, 0.1) is 19.4 Å². The molecular weight excluding hydrogens is 406 g/mol. The van der Waals surface area contributed by atoms with Gasteiger partial charge in [-0.25, -0.2) is 13.8 Å². The molecule has 1 amide bonds. The Hall–Kier alpha value is -3.30. The minimum absolute atomic E-state index is 0.156. The summed E-state index contributed by atoms with van der Waals surface area (Å²) in [6.07, 6.45) is 1.34. The van der Waals surface area contributed by atoms with E-state index in [0.717, 1.165) is 45.0 Å². The maximum absolute atomic E-state index is 13.9. The predicted octanol–water partition coefficient (Wildman–Crippen LogP) is 3.43. The lowest BCUT2D eigenvalue weighted by atomic mass is 10.2. The minimum atomic E-state index is -0.752. The number of nitrogens with zero attached hydrogens (tertiary/aromatic N) is 2. The standard InChI is InChI=1S/C22H22F2N4O3/c23-17-2-1-3-18(24)20(17)22-26-14-19(31-22)27-16-6-4-15(5-7-16)21(29)25-8-9-28-10-12-30-13-11-28/h1-7,14,27H,8-13H2,(H,25,29). The summed E-state index contributed by atoms with van der Waals surface area (Å²) in [7, 11) is 0. The van der Waals surface area contributed by atoms with Crippen LogP contribution in [0, 0.1) is 11.6 Å². The molecule has 0 atom stereocenters. The summed E-state index contributed by atoms with van der Waals surface area (Å²) in [5.74, 6) is -1.60. The van der Waals surface area contributed by atoms with Crippen molar-refractivity contribution in [1.29, 1.82) is 0 Å². The molecule has 9 heteroatoms. The van der Waals surface area contributed by atoms with E-state index in [-0.39, 0.29) is 23.2 Å². The summed E-state index contributed by atoms with van der Waals surface area (Å²) in [5, 5.41) is 5.87. The summed E-state index contributed by atoms with van der Waals surface area (Å²) in [6, 6.07) is 10.3. The number of oxazole rings is 1. The highest BCUT2D eigenvalue weighted by atomic mass is 19.1. The van der Waals surface area contributed by atoms with Crippen molar-refractivity contribution in [2.45, 2.75) is 0 Å². The number of anilines is 2. The number of hydrogen-bond acceptors (Lipinski definition) is 6. The molecule has 2 aromatic carbocycles. The summed E-state index contributed by atoms with van der Waals surface area (Å²) in [5.41, 5.74) is 0.848. The van der Waals surface area contributed by atoms with Crippen molar-refractivity contribution in [2.75, 3.05) is 44.7 Å². The van der Waals surface area contributed by atoms with Crippen LogP contribution in [0.1, 0.15) is 10.4 Å². The number of hydrogen-bond donors (Lipinski definition) is 2. The second-order valence-electron chi connectivity index (χ2n) is 7.04. The van der Waals surface area contributed by atoms with Gasteiger partial charge in [-0.05, 0) is 36.4 Å². The first-order chi connectivity index (χ1) is 15.1. The molecule has 1 aliphatic heterocycles. The Morgan fingerprint density at radius 2 is 1.77 bits per heavy atom. The number of rotatable bonds is 7. The molecule has 31 heavy (non-hydrogen) atoms. The molecule has 1 aromatic heterocycles. The topological polar surface area (TPSA) is 79.6 Å². The molecule has 0 saturated carbocycles. The first-order valence-corrected chi connectivity index (χ1v) is 9.96. The maximum Gasteiger partial charge on any atom is 0.251 e. The van der Waals surface area contributed by atoms with Crippen molar-refractivity contribution in [1.82, 2.24) is 15.2 Å². The van der Waals surface area contributed by atoms with Crippen LogP contribution in [0.25, 0.3) is 11.5 Å². The van der Waals surface area contributed by atoms with E-state index in [1.54, 1.807) is 24.3 Å². The van der Waals surface area contributed by atoms with Crippen molar-refractivity contribution in [3.8, 4) is 11.5 Å². The van der Waals surface area contributed by atoms with Gasteiger partial charge in [0.1, 0.15) is 17.2 Å². The Labute approximate surface area is 178 Å². The first kappa shape index (κ1) is 21.0. The van der Waals surface area contributed by atoms with Gasteiger partial charge in [-0.15, -0.1) is 0 Å². The highest BCUT2D eigenvalue weighted by Crippen LogP contribution is 2.28. The molecule has 2 heterocycles. The van der Waals surface area contributed by atoms with Gasteiger partial charge in [0.2, 0.25) is 11.8 Å². The number of amides is 1. The summed E-state index contributed by atoms with van der Waals surface area (Å²) >= 11 is 0. The van der Waals surface area contributed by atoms with E-state index < -0.39 is 11.6 Å². The zero-order chi connectivity index (χ0) is 21.6. The van der Waals surface area contributed by atoms with Crippen molar-refractivity contribution < 1.29 is 22.7 Å². The maximum atomic E-state index is 13.9. The molecular formula is C22H22F2N4O3. The number of ether oxygens (including phenoxy) is 1. The monoisotopic (exact) mass is 428 g/mol. The summed E-state index contributed by atoms with van der Waals surface area (Å²) < 4.78 is 38.5. The zero-order valence-corrected chi connectivity index (χ0v) is 16.7. The van der Waals surface area contributed by atoms with Gasteiger partial charge in [0.15, 0.2) is 0 Å². The normalized spacial score (nSPS) is 14.4. The molecule has 3 aromatic rings. The van der Waals surface area contributed by atoms with E-state index in [1.165, 1.54) is 12.3 Å². The Kier molecular flexibility index (Phi) is 6.54. The van der Waals surface area contributed by atoms with Gasteiger partial charge in [0.25, 0.3) is 5.91 Å². The first-order valence-electron chi connectivity index (χ1n) is 9.96. The summed E-state index contributed by atoms with van der Waals surface area (Å²) in [6.45, 7) is 4.55. The van der Waals surface area contributed by atoms with Crippen LogP contribution in [0.5, 0.6) is 0 Å². The van der Waals surface area contributed by atoms with Crippen LogP contribution < -0.4 is 10.6 Å². The summed E-state index contributed by atoms with van der Waals surface area (Å²) in [4.78, 5) is 18.5. The third-order valence-corrected chi connectivity index (χ3v) is 4.91. The largest absolute Gasteiger partial charge is 0.420 e. The van der Waals surface area contributed by atoms with E-state index in [0.29, 0.717) is 17.8 Å². The van der Waals surface area contributed by atoms with E-state index in [4.69, 9.17) is 9.15 Å². The van der Waals surface area contributed by atoms with Gasteiger partial charge in [-0.3, -0.25) is 9.69 Å². The van der Waals surface area contributed by atoms with Crippen LogP contribution in [0.4, 0.5) is 20.4 Å². The predicted molar refractivity (Wildman–Crippen MR) is 111 cm³/mol. The molecule has 7 nitrogen and oxygen atoms in total. The molecule has 1 saturated heterocycles. The number of carbonyl (C=O) groups excluding carboxylic acids is 1. The van der Waals surface area contributed by atoms with Crippen molar-refractivity contribution in [3.63, 3.8) is 0 Å². The molecule has 2 N–H and O–H groups in total. The Morgan fingerprint density at radius 1 is 1.06 bits per heavy atom. The van der Waals surface area contributed by atoms with Crippen LogP contribution >= 0.6 is 0 Å². The fraction of sp³-hybridized carbons (Fsp3) is 0.273. The molecule has 0 spiro atoms.